The van der Waals surface area contributed by atoms with Gasteiger partial charge in [-0.05, 0) is 74.6 Å². The Kier molecular flexibility index (Phi) is 8.26. The first-order valence-corrected chi connectivity index (χ1v) is 12.3. The molecule has 1 aliphatic heterocycles. The Morgan fingerprint density at radius 3 is 2.81 bits per heavy atom. The van der Waals surface area contributed by atoms with E-state index in [9.17, 15) is 14.9 Å². The van der Waals surface area contributed by atoms with E-state index in [0.29, 0.717) is 37.3 Å². The Labute approximate surface area is 215 Å². The lowest BCUT2D eigenvalue weighted by Gasteiger charge is -2.22. The second-order valence-electron chi connectivity index (χ2n) is 9.06. The van der Waals surface area contributed by atoms with Crippen molar-refractivity contribution in [3.05, 3.63) is 59.9 Å². The van der Waals surface area contributed by atoms with Crippen molar-refractivity contribution < 1.29 is 14.0 Å². The summed E-state index contributed by atoms with van der Waals surface area (Å²) in [4.78, 5) is 31.9. The first-order chi connectivity index (χ1) is 17.9. The molecule has 37 heavy (non-hydrogen) atoms. The standard InChI is InChI=1S/C27H31N7O3/c1-18-14-20-15-22(9-10-24(20)37-18)32-27(31-17-28)33-23-4-2-3-13-34(26(23)36)16-25(35)30-12-11-19-5-7-21(29)8-6-19/h5-10,14-15,23H,2-4,11-13,16,29H2,1H3,(H,30,35)(H2,31,32,33). The molecule has 10 heteroatoms. The fourth-order valence-electron chi connectivity index (χ4n) is 4.32. The smallest absolute Gasteiger partial charge is 0.247 e. The van der Waals surface area contributed by atoms with E-state index in [1.807, 2.05) is 61.6 Å². The molecule has 3 aromatic rings. The maximum Gasteiger partial charge on any atom is 0.247 e. The molecule has 1 atom stereocenters. The highest BCUT2D eigenvalue weighted by molar-refractivity contribution is 5.98. The number of nitriles is 1. The average Bonchev–Trinajstić information content (AvgIpc) is 3.16. The Balaban J connectivity index is 1.38. The van der Waals surface area contributed by atoms with Gasteiger partial charge in [0.2, 0.25) is 17.8 Å². The van der Waals surface area contributed by atoms with Gasteiger partial charge < -0.3 is 25.7 Å². The van der Waals surface area contributed by atoms with Crippen LogP contribution in [0, 0.1) is 18.4 Å². The number of nitrogens with two attached hydrogens (primary N) is 1. The molecule has 5 N–H and O–H groups in total. The molecule has 0 aliphatic carbocycles. The quantitative estimate of drug-likeness (QED) is 0.128. The van der Waals surface area contributed by atoms with Crippen molar-refractivity contribution in [2.45, 2.75) is 38.6 Å². The van der Waals surface area contributed by atoms with Crippen LogP contribution in [0.25, 0.3) is 11.0 Å². The second kappa shape index (κ2) is 11.9. The zero-order valence-corrected chi connectivity index (χ0v) is 20.8. The minimum Gasteiger partial charge on any atom is -0.461 e. The van der Waals surface area contributed by atoms with E-state index in [1.54, 1.807) is 4.90 Å². The van der Waals surface area contributed by atoms with Crippen LogP contribution in [0.1, 0.15) is 30.6 Å². The summed E-state index contributed by atoms with van der Waals surface area (Å²) in [6.45, 7) is 2.80. The molecule has 1 aliphatic rings. The molecule has 2 aromatic carbocycles. The van der Waals surface area contributed by atoms with Crippen LogP contribution in [-0.2, 0) is 16.0 Å². The number of amides is 2. The van der Waals surface area contributed by atoms with E-state index >= 15 is 0 Å². The summed E-state index contributed by atoms with van der Waals surface area (Å²) in [6, 6.07) is 14.3. The van der Waals surface area contributed by atoms with Crippen LogP contribution in [0.15, 0.2) is 57.9 Å². The van der Waals surface area contributed by atoms with Crippen molar-refractivity contribution in [2.75, 3.05) is 30.7 Å². The summed E-state index contributed by atoms with van der Waals surface area (Å²) in [5.74, 6) is 0.529. The molecule has 1 aromatic heterocycles. The van der Waals surface area contributed by atoms with Gasteiger partial charge in [0, 0.05) is 29.9 Å². The third-order valence-corrected chi connectivity index (χ3v) is 6.16. The third-order valence-electron chi connectivity index (χ3n) is 6.16. The number of fused-ring (bicyclic) bond motifs is 1. The zero-order valence-electron chi connectivity index (χ0n) is 20.8. The topological polar surface area (TPSA) is 149 Å². The van der Waals surface area contributed by atoms with Crippen LogP contribution in [0.5, 0.6) is 0 Å². The summed E-state index contributed by atoms with van der Waals surface area (Å²) in [5, 5.41) is 18.7. The number of carbonyl (C=O) groups excluding carboxylic acids is 2. The number of aliphatic imine (C=N–C) groups is 1. The molecule has 1 saturated heterocycles. The van der Waals surface area contributed by atoms with E-state index in [2.05, 4.69) is 20.9 Å². The molecular formula is C27H31N7O3. The number of nitrogen functional groups attached to an aromatic ring is 1. The molecule has 0 bridgehead atoms. The van der Waals surface area contributed by atoms with Gasteiger partial charge in [-0.25, -0.2) is 4.99 Å². The van der Waals surface area contributed by atoms with E-state index in [-0.39, 0.29) is 24.3 Å². The van der Waals surface area contributed by atoms with Gasteiger partial charge in [-0.3, -0.25) is 14.9 Å². The molecular weight excluding hydrogens is 470 g/mol. The maximum atomic E-state index is 13.3. The van der Waals surface area contributed by atoms with Gasteiger partial charge in [0.05, 0.1) is 6.54 Å². The first kappa shape index (κ1) is 25.6. The number of likely N-dealkylation sites (tertiary alicyclic amines) is 1. The third kappa shape index (κ3) is 7.01. The largest absolute Gasteiger partial charge is 0.461 e. The number of rotatable bonds is 7. The minimum atomic E-state index is -0.701. The maximum absolute atomic E-state index is 13.3. The first-order valence-electron chi connectivity index (χ1n) is 12.3. The second-order valence-corrected chi connectivity index (χ2v) is 9.06. The molecule has 10 nitrogen and oxygen atoms in total. The van der Waals surface area contributed by atoms with Crippen LogP contribution < -0.4 is 21.7 Å². The van der Waals surface area contributed by atoms with Crippen molar-refractivity contribution in [1.29, 1.82) is 5.26 Å². The van der Waals surface area contributed by atoms with Crippen molar-refractivity contribution in [1.82, 2.24) is 15.5 Å². The summed E-state index contributed by atoms with van der Waals surface area (Å²) in [7, 11) is 0. The van der Waals surface area contributed by atoms with E-state index < -0.39 is 6.04 Å². The SMILES string of the molecule is Cc1cc2cc(NC(=NC3CCCCN(CC(=O)NCCc4ccc(N)cc4)C3=O)NC#N)ccc2o1. The number of benzene rings is 2. The van der Waals surface area contributed by atoms with Gasteiger partial charge in [0.15, 0.2) is 6.19 Å². The summed E-state index contributed by atoms with van der Waals surface area (Å²) in [5.41, 5.74) is 8.94. The number of aryl methyl sites for hydroxylation is 1. The predicted molar refractivity (Wildman–Crippen MR) is 143 cm³/mol. The molecule has 4 rings (SSSR count). The molecule has 0 saturated carbocycles. The Morgan fingerprint density at radius 2 is 2.03 bits per heavy atom. The van der Waals surface area contributed by atoms with Gasteiger partial charge in [-0.15, -0.1) is 0 Å². The molecule has 2 heterocycles. The monoisotopic (exact) mass is 501 g/mol. The Bertz CT molecular complexity index is 1320. The number of hydrogen-bond donors (Lipinski definition) is 4. The number of carbonyl (C=O) groups is 2. The van der Waals surface area contributed by atoms with Crippen LogP contribution in [0.2, 0.25) is 0 Å². The highest BCUT2D eigenvalue weighted by Gasteiger charge is 2.28. The number of nitrogens with one attached hydrogen (secondary N) is 3. The minimum absolute atomic E-state index is 0.0302. The van der Waals surface area contributed by atoms with Crippen molar-refractivity contribution in [3.8, 4) is 6.19 Å². The van der Waals surface area contributed by atoms with Crippen LogP contribution in [0.4, 0.5) is 11.4 Å². The Hall–Kier alpha value is -4.52. The van der Waals surface area contributed by atoms with Crippen LogP contribution >= 0.6 is 0 Å². The number of furan rings is 1. The average molecular weight is 502 g/mol. The van der Waals surface area contributed by atoms with Crippen LogP contribution in [-0.4, -0.2) is 48.3 Å². The predicted octanol–water partition coefficient (Wildman–Crippen LogP) is 2.90. The van der Waals surface area contributed by atoms with Gasteiger partial charge in [-0.2, -0.15) is 5.26 Å². The van der Waals surface area contributed by atoms with Gasteiger partial charge in [0.25, 0.3) is 0 Å². The lowest BCUT2D eigenvalue weighted by molar-refractivity contribution is -0.136. The van der Waals surface area contributed by atoms with Crippen molar-refractivity contribution in [3.63, 3.8) is 0 Å². The molecule has 1 unspecified atom stereocenters. The normalized spacial score (nSPS) is 16.2. The summed E-state index contributed by atoms with van der Waals surface area (Å²) in [6.07, 6.45) is 4.65. The molecule has 192 valence electrons. The lowest BCUT2D eigenvalue weighted by Crippen LogP contribution is -2.44. The number of nitrogens with zero attached hydrogens (tertiary/aromatic N) is 3. The molecule has 1 fully saturated rings. The van der Waals surface area contributed by atoms with Gasteiger partial charge >= 0.3 is 0 Å². The highest BCUT2D eigenvalue weighted by Crippen LogP contribution is 2.23. The van der Waals surface area contributed by atoms with E-state index in [0.717, 1.165) is 35.1 Å². The summed E-state index contributed by atoms with van der Waals surface area (Å²) < 4.78 is 5.61. The Morgan fingerprint density at radius 1 is 1.22 bits per heavy atom. The fourth-order valence-corrected chi connectivity index (χ4v) is 4.32. The van der Waals surface area contributed by atoms with Crippen LogP contribution in [0.3, 0.4) is 0 Å². The lowest BCUT2D eigenvalue weighted by atomic mass is 10.1. The number of guanidine groups is 1. The molecule has 2 amide bonds. The van der Waals surface area contributed by atoms with Crippen molar-refractivity contribution in [2.24, 2.45) is 4.99 Å². The summed E-state index contributed by atoms with van der Waals surface area (Å²) >= 11 is 0. The van der Waals surface area contributed by atoms with Crippen molar-refractivity contribution >= 4 is 40.1 Å². The fraction of sp³-hybridized carbons (Fsp3) is 0.333. The number of hydrogen-bond acceptors (Lipinski definition) is 6. The van der Waals surface area contributed by atoms with E-state index in [1.165, 1.54) is 0 Å². The van der Waals surface area contributed by atoms with E-state index in [4.69, 9.17) is 10.2 Å². The zero-order chi connectivity index (χ0) is 26.2. The molecule has 0 radical (unpaired) electrons. The number of anilines is 2. The van der Waals surface area contributed by atoms with Gasteiger partial charge in [0.1, 0.15) is 17.4 Å². The molecule has 0 spiro atoms. The van der Waals surface area contributed by atoms with Gasteiger partial charge in [-0.1, -0.05) is 12.1 Å². The highest BCUT2D eigenvalue weighted by atomic mass is 16.3.